The minimum atomic E-state index is -0.404. The van der Waals surface area contributed by atoms with E-state index in [4.69, 9.17) is 4.74 Å². The van der Waals surface area contributed by atoms with Crippen LogP contribution in [0.5, 0.6) is 0 Å². The molecule has 0 spiro atoms. The molecule has 1 saturated heterocycles. The van der Waals surface area contributed by atoms with E-state index < -0.39 is 6.10 Å². The number of carbonyl (C=O) groups excluding carboxylic acids is 1. The normalized spacial score (nSPS) is 19.8. The lowest BCUT2D eigenvalue weighted by atomic mass is 9.98. The summed E-state index contributed by atoms with van der Waals surface area (Å²) in [7, 11) is 0. The third-order valence-electron chi connectivity index (χ3n) is 4.30. The number of hydrogen-bond donors (Lipinski definition) is 1. The average Bonchev–Trinajstić information content (AvgIpc) is 3.14. The molecule has 3 atom stereocenters. The molecular weight excluding hydrogens is 348 g/mol. The van der Waals surface area contributed by atoms with E-state index in [0.717, 1.165) is 32.1 Å². The fraction of sp³-hybridized carbons (Fsp3) is 0.560. The molecule has 0 saturated carbocycles. The van der Waals surface area contributed by atoms with Crippen molar-refractivity contribution < 1.29 is 14.6 Å². The Kier molecular flexibility index (Phi) is 17.3. The van der Waals surface area contributed by atoms with Crippen LogP contribution in [0.3, 0.4) is 0 Å². The maximum Gasteiger partial charge on any atom is 0.306 e. The topological polar surface area (TPSA) is 46.5 Å². The number of aliphatic hydroxyl groups excluding tert-OH is 1. The van der Waals surface area contributed by atoms with E-state index in [2.05, 4.69) is 50.3 Å². The Hall–Kier alpha value is -1.87. The van der Waals surface area contributed by atoms with Crippen molar-refractivity contribution in [2.75, 3.05) is 0 Å². The quantitative estimate of drug-likeness (QED) is 0.237. The van der Waals surface area contributed by atoms with Gasteiger partial charge in [-0.3, -0.25) is 4.79 Å². The first-order valence-corrected chi connectivity index (χ1v) is 10.8. The number of cyclic esters (lactones) is 1. The van der Waals surface area contributed by atoms with Crippen molar-refractivity contribution in [3.63, 3.8) is 0 Å². The minimum absolute atomic E-state index is 0.0560. The molecule has 1 heterocycles. The fourth-order valence-electron chi connectivity index (χ4n) is 2.69. The number of rotatable bonds is 12. The van der Waals surface area contributed by atoms with Gasteiger partial charge in [0.1, 0.15) is 6.10 Å². The monoisotopic (exact) mass is 388 g/mol. The van der Waals surface area contributed by atoms with Gasteiger partial charge in [0.2, 0.25) is 0 Å². The second kappa shape index (κ2) is 18.5. The van der Waals surface area contributed by atoms with Gasteiger partial charge in [-0.15, -0.1) is 0 Å². The van der Waals surface area contributed by atoms with Crippen LogP contribution in [0.15, 0.2) is 60.8 Å². The molecule has 0 aromatic heterocycles. The van der Waals surface area contributed by atoms with Crippen LogP contribution in [0.25, 0.3) is 0 Å². The van der Waals surface area contributed by atoms with Gasteiger partial charge in [0.15, 0.2) is 0 Å². The number of ether oxygens (including phenoxy) is 1. The van der Waals surface area contributed by atoms with Gasteiger partial charge >= 0.3 is 5.97 Å². The summed E-state index contributed by atoms with van der Waals surface area (Å²) >= 11 is 0. The Labute approximate surface area is 172 Å². The highest BCUT2D eigenvalue weighted by molar-refractivity contribution is 5.71. The summed E-state index contributed by atoms with van der Waals surface area (Å²) in [5.74, 6) is 0.337. The van der Waals surface area contributed by atoms with Crippen molar-refractivity contribution in [1.82, 2.24) is 0 Å². The molecule has 1 aliphatic heterocycles. The van der Waals surface area contributed by atoms with E-state index in [1.54, 1.807) is 0 Å². The van der Waals surface area contributed by atoms with Crippen LogP contribution in [-0.2, 0) is 9.53 Å². The van der Waals surface area contributed by atoms with Gasteiger partial charge in [0.25, 0.3) is 0 Å². The highest BCUT2D eigenvalue weighted by Gasteiger charge is 2.27. The first-order chi connectivity index (χ1) is 13.6. The molecule has 0 aliphatic carbocycles. The number of esters is 1. The Morgan fingerprint density at radius 2 is 1.64 bits per heavy atom. The molecule has 158 valence electrons. The first-order valence-electron chi connectivity index (χ1n) is 10.8. The van der Waals surface area contributed by atoms with Gasteiger partial charge in [-0.2, -0.15) is 0 Å². The first kappa shape index (κ1) is 26.1. The second-order valence-corrected chi connectivity index (χ2v) is 6.69. The molecule has 3 heteroatoms. The molecule has 1 aliphatic rings. The van der Waals surface area contributed by atoms with Crippen molar-refractivity contribution in [1.29, 1.82) is 0 Å². The predicted octanol–water partition coefficient (Wildman–Crippen LogP) is 6.47. The fourth-order valence-corrected chi connectivity index (χ4v) is 2.69. The molecule has 1 rings (SSSR count). The molecule has 0 amide bonds. The van der Waals surface area contributed by atoms with Crippen LogP contribution in [0.1, 0.15) is 72.6 Å². The molecule has 0 aromatic rings. The summed E-state index contributed by atoms with van der Waals surface area (Å²) in [6.07, 6.45) is 26.0. The van der Waals surface area contributed by atoms with E-state index in [0.29, 0.717) is 18.8 Å². The Morgan fingerprint density at radius 3 is 2.29 bits per heavy atom. The molecule has 1 fully saturated rings. The number of allylic oxidation sites excluding steroid dienone is 8. The van der Waals surface area contributed by atoms with Crippen LogP contribution < -0.4 is 0 Å². The van der Waals surface area contributed by atoms with Crippen molar-refractivity contribution in [2.24, 2.45) is 5.92 Å². The van der Waals surface area contributed by atoms with E-state index >= 15 is 0 Å². The second-order valence-electron chi connectivity index (χ2n) is 6.69. The van der Waals surface area contributed by atoms with Gasteiger partial charge in [0.05, 0.1) is 6.10 Å². The zero-order valence-corrected chi connectivity index (χ0v) is 18.2. The van der Waals surface area contributed by atoms with Crippen molar-refractivity contribution in [3.8, 4) is 0 Å². The summed E-state index contributed by atoms with van der Waals surface area (Å²) in [5.41, 5.74) is 0. The molecule has 0 aromatic carbocycles. The summed E-state index contributed by atoms with van der Waals surface area (Å²) in [4.78, 5) is 11.1. The van der Waals surface area contributed by atoms with Crippen molar-refractivity contribution in [2.45, 2.75) is 84.8 Å². The average molecular weight is 389 g/mol. The smallest absolute Gasteiger partial charge is 0.306 e. The SMILES string of the molecule is CC.CC/C=C\C[C@H](O)/C=C/C=C\C/C=C\C/C=C\CC(C)C1CCC(=O)O1. The zero-order valence-electron chi connectivity index (χ0n) is 18.2. The van der Waals surface area contributed by atoms with Gasteiger partial charge in [-0.1, -0.05) is 88.5 Å². The summed E-state index contributed by atoms with van der Waals surface area (Å²) in [6.45, 7) is 8.22. The summed E-state index contributed by atoms with van der Waals surface area (Å²) in [5, 5.41) is 9.70. The lowest BCUT2D eigenvalue weighted by Crippen LogP contribution is -2.16. The lowest BCUT2D eigenvalue weighted by Gasteiger charge is -2.15. The predicted molar refractivity (Wildman–Crippen MR) is 120 cm³/mol. The molecule has 28 heavy (non-hydrogen) atoms. The van der Waals surface area contributed by atoms with E-state index in [1.165, 1.54) is 0 Å². The van der Waals surface area contributed by atoms with Crippen LogP contribution in [0.2, 0.25) is 0 Å². The Bertz CT molecular complexity index is 526. The van der Waals surface area contributed by atoms with Crippen LogP contribution in [0, 0.1) is 5.92 Å². The van der Waals surface area contributed by atoms with E-state index in [1.807, 2.05) is 38.2 Å². The minimum Gasteiger partial charge on any atom is -0.462 e. The summed E-state index contributed by atoms with van der Waals surface area (Å²) < 4.78 is 5.29. The Balaban J connectivity index is 0.00000352. The van der Waals surface area contributed by atoms with Gasteiger partial charge < -0.3 is 9.84 Å². The van der Waals surface area contributed by atoms with Gasteiger partial charge in [0, 0.05) is 6.42 Å². The molecule has 0 bridgehead atoms. The molecular formula is C25H40O3. The highest BCUT2D eigenvalue weighted by atomic mass is 16.5. The van der Waals surface area contributed by atoms with E-state index in [-0.39, 0.29) is 12.1 Å². The third kappa shape index (κ3) is 14.2. The number of aliphatic hydroxyl groups is 1. The molecule has 1 N–H and O–H groups in total. The van der Waals surface area contributed by atoms with Crippen LogP contribution in [-0.4, -0.2) is 23.3 Å². The standard InChI is InChI=1S/C23H34O3.C2H6/c1-3-4-12-16-21(24)17-14-11-9-7-5-6-8-10-13-15-20(2)22-18-19-23(25)26-22;1-2/h4-6,9-14,17,20-22,24H,3,7-8,15-16,18-19H2,1-2H3;1-2H3/b6-5-,11-9-,12-4-,13-10-,17-14+;/t20?,21-,22?;/m0./s1. The van der Waals surface area contributed by atoms with Crippen LogP contribution >= 0.6 is 0 Å². The highest BCUT2D eigenvalue weighted by Crippen LogP contribution is 2.23. The van der Waals surface area contributed by atoms with Crippen LogP contribution in [0.4, 0.5) is 0 Å². The molecule has 3 nitrogen and oxygen atoms in total. The van der Waals surface area contributed by atoms with Crippen molar-refractivity contribution >= 4 is 5.97 Å². The Morgan fingerprint density at radius 1 is 1.00 bits per heavy atom. The lowest BCUT2D eigenvalue weighted by molar-refractivity contribution is -0.142. The largest absolute Gasteiger partial charge is 0.462 e. The number of hydrogen-bond acceptors (Lipinski definition) is 3. The van der Waals surface area contributed by atoms with Gasteiger partial charge in [-0.05, 0) is 44.4 Å². The van der Waals surface area contributed by atoms with Gasteiger partial charge in [-0.25, -0.2) is 0 Å². The zero-order chi connectivity index (χ0) is 21.0. The molecule has 2 unspecified atom stereocenters. The maximum atomic E-state index is 11.1. The maximum absolute atomic E-state index is 11.1. The summed E-state index contributed by atoms with van der Waals surface area (Å²) in [6, 6.07) is 0. The van der Waals surface area contributed by atoms with E-state index in [9.17, 15) is 9.90 Å². The molecule has 0 radical (unpaired) electrons. The van der Waals surface area contributed by atoms with Crippen molar-refractivity contribution in [3.05, 3.63) is 60.8 Å². The third-order valence-corrected chi connectivity index (χ3v) is 4.30. The number of carbonyl (C=O) groups is 1.